The molecule has 0 heterocycles. The van der Waals surface area contributed by atoms with E-state index in [2.05, 4.69) is 5.32 Å². The van der Waals surface area contributed by atoms with Crippen LogP contribution in [0.25, 0.3) is 0 Å². The van der Waals surface area contributed by atoms with E-state index in [4.69, 9.17) is 10.2 Å². The topological polar surface area (TPSA) is 52.5 Å². The van der Waals surface area contributed by atoms with E-state index in [1.165, 1.54) is 0 Å². The number of aliphatic hydroxyl groups is 2. The zero-order valence-corrected chi connectivity index (χ0v) is 5.92. The highest BCUT2D eigenvalue weighted by atomic mass is 127. The quantitative estimate of drug-likeness (QED) is 0.332. The Morgan fingerprint density at radius 1 is 1.71 bits per heavy atom. The van der Waals surface area contributed by atoms with E-state index < -0.39 is 4.11 Å². The first-order chi connectivity index (χ1) is 3.27. The van der Waals surface area contributed by atoms with Crippen molar-refractivity contribution in [3.8, 4) is 0 Å². The van der Waals surface area contributed by atoms with Gasteiger partial charge in [-0.1, -0.05) is 22.6 Å². The van der Waals surface area contributed by atoms with Gasteiger partial charge in [0, 0.05) is 6.54 Å². The Balaban J connectivity index is 2.68. The molecular formula is C3H8INO2. The van der Waals surface area contributed by atoms with Crippen LogP contribution in [0, 0.1) is 0 Å². The van der Waals surface area contributed by atoms with Crippen LogP contribution in [-0.2, 0) is 0 Å². The maximum absolute atomic E-state index is 8.50. The monoisotopic (exact) mass is 217 g/mol. The van der Waals surface area contributed by atoms with Crippen molar-refractivity contribution < 1.29 is 10.2 Å². The molecule has 0 saturated heterocycles. The third-order valence-corrected chi connectivity index (χ3v) is 0.865. The van der Waals surface area contributed by atoms with Crippen LogP contribution >= 0.6 is 22.6 Å². The molecule has 3 N–H and O–H groups in total. The van der Waals surface area contributed by atoms with Crippen molar-refractivity contribution in [2.75, 3.05) is 13.3 Å². The van der Waals surface area contributed by atoms with Gasteiger partial charge < -0.3 is 10.2 Å². The molecule has 0 rings (SSSR count). The predicted octanol–water partition coefficient (Wildman–Crippen LogP) is -0.721. The van der Waals surface area contributed by atoms with Gasteiger partial charge in [-0.2, -0.15) is 0 Å². The first kappa shape index (κ1) is 7.61. The Bertz CT molecular complexity index is 41.9. The number of halogens is 1. The van der Waals surface area contributed by atoms with E-state index in [9.17, 15) is 0 Å². The molecular weight excluding hydrogens is 209 g/mol. The third kappa shape index (κ3) is 6.61. The summed E-state index contributed by atoms with van der Waals surface area (Å²) in [4.78, 5) is 0. The minimum Gasteiger partial charge on any atom is -0.381 e. The fourth-order valence-electron chi connectivity index (χ4n) is 0.184. The molecule has 0 bridgehead atoms. The van der Waals surface area contributed by atoms with E-state index >= 15 is 0 Å². The lowest BCUT2D eigenvalue weighted by atomic mass is 10.7. The molecule has 7 heavy (non-hydrogen) atoms. The Hall–Kier alpha value is 0.610. The minimum atomic E-state index is -0.398. The minimum absolute atomic E-state index is 0.0694. The number of rotatable bonds is 3. The van der Waals surface area contributed by atoms with Gasteiger partial charge in [0.05, 0.1) is 6.73 Å². The first-order valence-corrected chi connectivity index (χ1v) is 3.15. The number of hydrogen-bond acceptors (Lipinski definition) is 3. The van der Waals surface area contributed by atoms with Crippen molar-refractivity contribution in [2.24, 2.45) is 0 Å². The van der Waals surface area contributed by atoms with Gasteiger partial charge in [-0.25, -0.2) is 0 Å². The van der Waals surface area contributed by atoms with Crippen LogP contribution in [0.2, 0.25) is 0 Å². The standard InChI is InChI=1S/C3H8INO2/c4-3(7)1-5-2-6/h3,5-7H,1-2H2. The fraction of sp³-hybridized carbons (Fsp3) is 1.00. The summed E-state index contributed by atoms with van der Waals surface area (Å²) in [6.45, 7) is 0.372. The van der Waals surface area contributed by atoms with Crippen LogP contribution in [0.5, 0.6) is 0 Å². The summed E-state index contributed by atoms with van der Waals surface area (Å²) >= 11 is 1.85. The fourth-order valence-corrected chi connectivity index (χ4v) is 0.495. The summed E-state index contributed by atoms with van der Waals surface area (Å²) < 4.78 is -0.398. The molecule has 4 heteroatoms. The second-order valence-electron chi connectivity index (χ2n) is 1.05. The van der Waals surface area contributed by atoms with Gasteiger partial charge in [0.2, 0.25) is 0 Å². The van der Waals surface area contributed by atoms with Crippen LogP contribution in [0.15, 0.2) is 0 Å². The molecule has 0 aliphatic heterocycles. The highest BCUT2D eigenvalue weighted by Gasteiger charge is 1.91. The van der Waals surface area contributed by atoms with Gasteiger partial charge >= 0.3 is 0 Å². The molecule has 44 valence electrons. The Morgan fingerprint density at radius 2 is 2.29 bits per heavy atom. The average Bonchev–Trinajstić information content (AvgIpc) is 1.61. The van der Waals surface area contributed by atoms with Crippen molar-refractivity contribution in [2.45, 2.75) is 4.11 Å². The highest BCUT2D eigenvalue weighted by molar-refractivity contribution is 14.1. The van der Waals surface area contributed by atoms with Gasteiger partial charge in [0.25, 0.3) is 0 Å². The molecule has 0 aromatic carbocycles. The van der Waals surface area contributed by atoms with Crippen LogP contribution in [0.3, 0.4) is 0 Å². The lowest BCUT2D eigenvalue weighted by molar-refractivity contribution is 0.222. The Labute approximate surface area is 55.9 Å². The maximum atomic E-state index is 8.50. The molecule has 0 aromatic rings. The van der Waals surface area contributed by atoms with E-state index in [1.54, 1.807) is 0 Å². The van der Waals surface area contributed by atoms with E-state index in [-0.39, 0.29) is 6.73 Å². The van der Waals surface area contributed by atoms with Gasteiger partial charge in [-0.15, -0.1) is 0 Å². The van der Waals surface area contributed by atoms with Gasteiger partial charge in [-0.3, -0.25) is 5.32 Å². The number of alkyl halides is 1. The largest absolute Gasteiger partial charge is 0.381 e. The summed E-state index contributed by atoms with van der Waals surface area (Å²) in [6.07, 6.45) is 0. The third-order valence-electron chi connectivity index (χ3n) is 0.425. The molecule has 0 aliphatic rings. The van der Waals surface area contributed by atoms with Crippen LogP contribution in [-0.4, -0.2) is 27.6 Å². The summed E-state index contributed by atoms with van der Waals surface area (Å²) in [7, 11) is 0. The summed E-state index contributed by atoms with van der Waals surface area (Å²) in [5, 5.41) is 19.1. The normalized spacial score (nSPS) is 14.1. The molecule has 0 fully saturated rings. The smallest absolute Gasteiger partial charge is 0.117 e. The molecule has 0 saturated carbocycles. The van der Waals surface area contributed by atoms with Crippen molar-refractivity contribution in [1.29, 1.82) is 0 Å². The summed E-state index contributed by atoms with van der Waals surface area (Å²) in [6, 6.07) is 0. The molecule has 0 aliphatic carbocycles. The van der Waals surface area contributed by atoms with Gasteiger partial charge in [-0.05, 0) is 0 Å². The zero-order chi connectivity index (χ0) is 5.70. The van der Waals surface area contributed by atoms with E-state index in [1.807, 2.05) is 22.6 Å². The Morgan fingerprint density at radius 3 is 2.43 bits per heavy atom. The molecule has 3 nitrogen and oxygen atoms in total. The highest BCUT2D eigenvalue weighted by Crippen LogP contribution is 1.89. The zero-order valence-electron chi connectivity index (χ0n) is 3.76. The van der Waals surface area contributed by atoms with Crippen molar-refractivity contribution >= 4 is 22.6 Å². The number of aliphatic hydroxyl groups excluding tert-OH is 2. The van der Waals surface area contributed by atoms with E-state index in [0.29, 0.717) is 6.54 Å². The second-order valence-corrected chi connectivity index (χ2v) is 2.48. The lowest BCUT2D eigenvalue weighted by Crippen LogP contribution is -2.22. The predicted molar refractivity (Wildman–Crippen MR) is 35.1 cm³/mol. The Kier molecular flexibility index (Phi) is 5.18. The van der Waals surface area contributed by atoms with Crippen molar-refractivity contribution in [1.82, 2.24) is 5.32 Å². The first-order valence-electron chi connectivity index (χ1n) is 1.91. The average molecular weight is 217 g/mol. The molecule has 0 amide bonds. The summed E-state index contributed by atoms with van der Waals surface area (Å²) in [5.41, 5.74) is 0. The van der Waals surface area contributed by atoms with Crippen molar-refractivity contribution in [3.63, 3.8) is 0 Å². The van der Waals surface area contributed by atoms with Gasteiger partial charge in [0.15, 0.2) is 0 Å². The SMILES string of the molecule is OCNCC(O)I. The van der Waals surface area contributed by atoms with Crippen molar-refractivity contribution in [3.05, 3.63) is 0 Å². The van der Waals surface area contributed by atoms with E-state index in [0.717, 1.165) is 0 Å². The molecule has 0 radical (unpaired) electrons. The van der Waals surface area contributed by atoms with Gasteiger partial charge in [0.1, 0.15) is 4.11 Å². The summed E-state index contributed by atoms with van der Waals surface area (Å²) in [5.74, 6) is 0. The molecule has 1 unspecified atom stereocenters. The number of nitrogens with one attached hydrogen (secondary N) is 1. The van der Waals surface area contributed by atoms with Crippen LogP contribution in [0.1, 0.15) is 0 Å². The van der Waals surface area contributed by atoms with Crippen LogP contribution < -0.4 is 5.32 Å². The van der Waals surface area contributed by atoms with Crippen LogP contribution in [0.4, 0.5) is 0 Å². The number of hydrogen-bond donors (Lipinski definition) is 3. The molecule has 0 spiro atoms. The second kappa shape index (κ2) is 4.76. The molecule has 0 aromatic heterocycles. The molecule has 1 atom stereocenters. The lowest BCUT2D eigenvalue weighted by Gasteiger charge is -1.99. The maximum Gasteiger partial charge on any atom is 0.117 e.